The minimum absolute atomic E-state index is 0.0781. The van der Waals surface area contributed by atoms with Crippen molar-refractivity contribution in [3.05, 3.63) is 11.8 Å². The van der Waals surface area contributed by atoms with Crippen LogP contribution in [0.2, 0.25) is 0 Å². The van der Waals surface area contributed by atoms with Crippen LogP contribution in [0.25, 0.3) is 0 Å². The largest absolute Gasteiger partial charge is 0.393 e. The molecule has 0 aromatic carbocycles. The number of aromatic nitrogens is 2. The van der Waals surface area contributed by atoms with Crippen molar-refractivity contribution in [2.24, 2.45) is 5.92 Å². The average Bonchev–Trinajstić information content (AvgIpc) is 2.50. The van der Waals surface area contributed by atoms with Gasteiger partial charge in [0.25, 0.3) is 0 Å². The highest BCUT2D eigenvalue weighted by Gasteiger charge is 2.19. The van der Waals surface area contributed by atoms with Gasteiger partial charge in [-0.1, -0.05) is 0 Å². The van der Waals surface area contributed by atoms with Gasteiger partial charge >= 0.3 is 0 Å². The summed E-state index contributed by atoms with van der Waals surface area (Å²) in [6, 6.07) is 0. The summed E-state index contributed by atoms with van der Waals surface area (Å²) < 4.78 is 1.94. The summed E-state index contributed by atoms with van der Waals surface area (Å²) >= 11 is 0. The molecule has 2 rings (SSSR count). The maximum atomic E-state index is 9.40. The summed E-state index contributed by atoms with van der Waals surface area (Å²) in [7, 11) is 0. The quantitative estimate of drug-likeness (QED) is 0.772. The van der Waals surface area contributed by atoms with E-state index < -0.39 is 0 Å². The van der Waals surface area contributed by atoms with Crippen LogP contribution >= 0.6 is 0 Å². The van der Waals surface area contributed by atoms with Gasteiger partial charge in [-0.15, -0.1) is 0 Å². The normalized spacial score (nSPS) is 26.8. The molecule has 0 spiro atoms. The van der Waals surface area contributed by atoms with Crippen molar-refractivity contribution >= 4 is 5.82 Å². The summed E-state index contributed by atoms with van der Waals surface area (Å²) in [6.07, 6.45) is 5.98. The average molecular weight is 209 g/mol. The molecule has 0 bridgehead atoms. The molecule has 1 aliphatic rings. The van der Waals surface area contributed by atoms with Crippen LogP contribution in [0.5, 0.6) is 0 Å². The molecule has 1 fully saturated rings. The predicted molar refractivity (Wildman–Crippen MR) is 59.3 cm³/mol. The van der Waals surface area contributed by atoms with Crippen LogP contribution in [0, 0.1) is 12.8 Å². The van der Waals surface area contributed by atoms with Crippen LogP contribution in [0.3, 0.4) is 0 Å². The van der Waals surface area contributed by atoms with Gasteiger partial charge in [-0.2, -0.15) is 5.10 Å². The van der Waals surface area contributed by atoms with Gasteiger partial charge in [0, 0.05) is 18.3 Å². The minimum atomic E-state index is -0.0781. The van der Waals surface area contributed by atoms with Crippen molar-refractivity contribution < 1.29 is 5.11 Å². The van der Waals surface area contributed by atoms with E-state index in [0.29, 0.717) is 11.7 Å². The van der Waals surface area contributed by atoms with E-state index in [1.807, 2.05) is 17.8 Å². The number of anilines is 1. The number of nitrogen functional groups attached to an aromatic ring is 1. The van der Waals surface area contributed by atoms with Crippen molar-refractivity contribution in [2.75, 3.05) is 5.73 Å². The maximum Gasteiger partial charge on any atom is 0.148 e. The molecule has 1 saturated carbocycles. The van der Waals surface area contributed by atoms with Crippen LogP contribution in [0.1, 0.15) is 31.2 Å². The Bertz CT molecular complexity index is 307. The lowest BCUT2D eigenvalue weighted by molar-refractivity contribution is 0.103. The van der Waals surface area contributed by atoms with Crippen LogP contribution in [-0.2, 0) is 6.54 Å². The lowest BCUT2D eigenvalue weighted by atomic mass is 9.87. The minimum Gasteiger partial charge on any atom is -0.393 e. The van der Waals surface area contributed by atoms with Gasteiger partial charge in [-0.3, -0.25) is 4.68 Å². The molecular weight excluding hydrogens is 190 g/mol. The molecule has 0 amide bonds. The van der Waals surface area contributed by atoms with Gasteiger partial charge in [0.05, 0.1) is 6.10 Å². The highest BCUT2D eigenvalue weighted by atomic mass is 16.3. The second kappa shape index (κ2) is 4.23. The topological polar surface area (TPSA) is 64.1 Å². The number of hydrogen-bond donors (Lipinski definition) is 2. The molecule has 4 heteroatoms. The first-order chi connectivity index (χ1) is 7.15. The number of aryl methyl sites for hydroxylation is 1. The molecule has 84 valence electrons. The Morgan fingerprint density at radius 2 is 2.13 bits per heavy atom. The van der Waals surface area contributed by atoms with E-state index in [1.54, 1.807) is 0 Å². The van der Waals surface area contributed by atoms with E-state index in [0.717, 1.165) is 37.8 Å². The van der Waals surface area contributed by atoms with Crippen LogP contribution in [0.15, 0.2) is 6.20 Å². The first-order valence-corrected chi connectivity index (χ1v) is 5.62. The fourth-order valence-electron chi connectivity index (χ4n) is 2.22. The SMILES string of the molecule is Cc1cn(CC2CCC(O)CC2)nc1N. The van der Waals surface area contributed by atoms with Crippen LogP contribution in [-0.4, -0.2) is 21.0 Å². The van der Waals surface area contributed by atoms with Crippen LogP contribution < -0.4 is 5.73 Å². The second-order valence-electron chi connectivity index (χ2n) is 4.59. The molecule has 1 aromatic rings. The van der Waals surface area contributed by atoms with Gasteiger partial charge in [-0.25, -0.2) is 0 Å². The number of nitrogens with zero attached hydrogens (tertiary/aromatic N) is 2. The highest BCUT2D eigenvalue weighted by molar-refractivity contribution is 5.35. The summed E-state index contributed by atoms with van der Waals surface area (Å²) in [6.45, 7) is 2.91. The van der Waals surface area contributed by atoms with Crippen molar-refractivity contribution in [1.29, 1.82) is 0 Å². The highest BCUT2D eigenvalue weighted by Crippen LogP contribution is 2.25. The van der Waals surface area contributed by atoms with E-state index in [2.05, 4.69) is 5.10 Å². The van der Waals surface area contributed by atoms with E-state index in [4.69, 9.17) is 5.73 Å². The predicted octanol–water partition coefficient (Wildman–Crippen LogP) is 1.32. The van der Waals surface area contributed by atoms with Crippen molar-refractivity contribution in [3.8, 4) is 0 Å². The van der Waals surface area contributed by atoms with E-state index in [9.17, 15) is 5.11 Å². The van der Waals surface area contributed by atoms with Crippen molar-refractivity contribution in [1.82, 2.24) is 9.78 Å². The fraction of sp³-hybridized carbons (Fsp3) is 0.727. The number of rotatable bonds is 2. The van der Waals surface area contributed by atoms with Crippen LogP contribution in [0.4, 0.5) is 5.82 Å². The molecule has 0 saturated heterocycles. The Labute approximate surface area is 90.1 Å². The van der Waals surface area contributed by atoms with Gasteiger partial charge in [-0.05, 0) is 38.5 Å². The third-order valence-electron chi connectivity index (χ3n) is 3.24. The fourth-order valence-corrected chi connectivity index (χ4v) is 2.22. The summed E-state index contributed by atoms with van der Waals surface area (Å²) in [5.41, 5.74) is 6.74. The Hall–Kier alpha value is -1.03. The lowest BCUT2D eigenvalue weighted by Crippen LogP contribution is -2.21. The number of aliphatic hydroxyl groups is 1. The molecule has 0 radical (unpaired) electrons. The first-order valence-electron chi connectivity index (χ1n) is 5.62. The Morgan fingerprint density at radius 1 is 1.47 bits per heavy atom. The Balaban J connectivity index is 1.91. The molecule has 1 aliphatic carbocycles. The summed E-state index contributed by atoms with van der Waals surface area (Å²) in [4.78, 5) is 0. The van der Waals surface area contributed by atoms with E-state index >= 15 is 0 Å². The Kier molecular flexibility index (Phi) is 2.95. The molecule has 0 unspecified atom stereocenters. The molecule has 0 atom stereocenters. The number of aliphatic hydroxyl groups excluding tert-OH is 1. The molecule has 1 aromatic heterocycles. The molecule has 1 heterocycles. The van der Waals surface area contributed by atoms with Gasteiger partial charge in [0.2, 0.25) is 0 Å². The summed E-state index contributed by atoms with van der Waals surface area (Å²) in [5.74, 6) is 1.28. The molecule has 0 aliphatic heterocycles. The number of nitrogens with two attached hydrogens (primary N) is 1. The van der Waals surface area contributed by atoms with Crippen molar-refractivity contribution in [2.45, 2.75) is 45.3 Å². The monoisotopic (exact) mass is 209 g/mol. The third-order valence-corrected chi connectivity index (χ3v) is 3.24. The maximum absolute atomic E-state index is 9.40. The van der Waals surface area contributed by atoms with Gasteiger partial charge in [0.1, 0.15) is 5.82 Å². The Morgan fingerprint density at radius 3 is 2.67 bits per heavy atom. The zero-order chi connectivity index (χ0) is 10.8. The second-order valence-corrected chi connectivity index (χ2v) is 4.59. The van der Waals surface area contributed by atoms with E-state index in [1.165, 1.54) is 0 Å². The molecular formula is C11H19N3O. The first kappa shape index (κ1) is 10.5. The molecule has 15 heavy (non-hydrogen) atoms. The smallest absolute Gasteiger partial charge is 0.148 e. The lowest BCUT2D eigenvalue weighted by Gasteiger charge is -2.25. The molecule has 4 nitrogen and oxygen atoms in total. The standard InChI is InChI=1S/C11H19N3O/c1-8-6-14(13-11(8)12)7-9-2-4-10(15)5-3-9/h6,9-10,15H,2-5,7H2,1H3,(H2,12,13). The van der Waals surface area contributed by atoms with Crippen molar-refractivity contribution in [3.63, 3.8) is 0 Å². The van der Waals surface area contributed by atoms with Gasteiger partial charge in [0.15, 0.2) is 0 Å². The summed E-state index contributed by atoms with van der Waals surface area (Å²) in [5, 5.41) is 13.7. The zero-order valence-electron chi connectivity index (χ0n) is 9.19. The number of hydrogen-bond acceptors (Lipinski definition) is 3. The third kappa shape index (κ3) is 2.50. The van der Waals surface area contributed by atoms with Gasteiger partial charge < -0.3 is 10.8 Å². The molecule has 3 N–H and O–H groups in total. The zero-order valence-corrected chi connectivity index (χ0v) is 9.19. The van der Waals surface area contributed by atoms with E-state index in [-0.39, 0.29) is 6.10 Å².